The number of fused-ring (bicyclic) bond motifs is 1. The van der Waals surface area contributed by atoms with Gasteiger partial charge in [0.2, 0.25) is 5.91 Å². The van der Waals surface area contributed by atoms with Gasteiger partial charge in [-0.15, -0.1) is 0 Å². The van der Waals surface area contributed by atoms with Crippen LogP contribution in [-0.4, -0.2) is 79.1 Å². The fourth-order valence-electron chi connectivity index (χ4n) is 6.25. The Balaban J connectivity index is 1.36. The Morgan fingerprint density at radius 2 is 1.74 bits per heavy atom. The molecule has 3 aliphatic rings. The Labute approximate surface area is 225 Å². The van der Waals surface area contributed by atoms with E-state index >= 15 is 0 Å². The highest BCUT2D eigenvalue weighted by Crippen LogP contribution is 2.40. The molecular formula is C29H43FN4O4. The third kappa shape index (κ3) is 6.77. The van der Waals surface area contributed by atoms with Gasteiger partial charge in [0.05, 0.1) is 0 Å². The van der Waals surface area contributed by atoms with Gasteiger partial charge in [-0.3, -0.25) is 9.59 Å². The van der Waals surface area contributed by atoms with Crippen LogP contribution in [-0.2, 0) is 19.7 Å². The molecular weight excluding hydrogens is 487 g/mol. The number of piperazine rings is 1. The SMILES string of the molecule is CC(=O)N1CCN(C(=O)C(CC2CCCCC2)OC(=O)N[C@@H](C)CN2CC(C)(C)c3cc(F)ccc32)CC1. The number of carbonyl (C=O) groups is 3. The Morgan fingerprint density at radius 1 is 1.08 bits per heavy atom. The summed E-state index contributed by atoms with van der Waals surface area (Å²) in [6.07, 6.45) is 4.71. The van der Waals surface area contributed by atoms with Crippen molar-refractivity contribution in [3.63, 3.8) is 0 Å². The Hall–Kier alpha value is -2.84. The highest BCUT2D eigenvalue weighted by molar-refractivity contribution is 5.84. The molecule has 4 rings (SSSR count). The van der Waals surface area contributed by atoms with Crippen LogP contribution in [0.15, 0.2) is 18.2 Å². The van der Waals surface area contributed by atoms with Crippen LogP contribution in [0.2, 0.25) is 0 Å². The van der Waals surface area contributed by atoms with E-state index in [0.717, 1.165) is 43.5 Å². The molecule has 2 atom stereocenters. The van der Waals surface area contributed by atoms with Crippen molar-refractivity contribution in [2.45, 2.75) is 83.8 Å². The van der Waals surface area contributed by atoms with E-state index in [0.29, 0.717) is 45.1 Å². The third-order valence-electron chi connectivity index (χ3n) is 8.31. The summed E-state index contributed by atoms with van der Waals surface area (Å²) in [7, 11) is 0. The Morgan fingerprint density at radius 3 is 2.39 bits per heavy atom. The van der Waals surface area contributed by atoms with Crippen LogP contribution in [0.4, 0.5) is 14.9 Å². The van der Waals surface area contributed by atoms with E-state index in [4.69, 9.17) is 4.74 Å². The Bertz CT molecular complexity index is 1020. The lowest BCUT2D eigenvalue weighted by Crippen LogP contribution is -2.54. The predicted octanol–water partition coefficient (Wildman–Crippen LogP) is 4.07. The number of rotatable bonds is 7. The molecule has 2 aliphatic heterocycles. The molecule has 9 heteroatoms. The van der Waals surface area contributed by atoms with Crippen molar-refractivity contribution < 1.29 is 23.5 Å². The van der Waals surface area contributed by atoms with Gasteiger partial charge in [-0.05, 0) is 43.0 Å². The number of carbonyl (C=O) groups excluding carboxylic acids is 3. The molecule has 0 aromatic heterocycles. The average Bonchev–Trinajstić information content (AvgIpc) is 3.12. The number of nitrogens with one attached hydrogen (secondary N) is 1. The summed E-state index contributed by atoms with van der Waals surface area (Å²) in [5, 5.41) is 2.92. The van der Waals surface area contributed by atoms with Crippen LogP contribution in [0, 0.1) is 11.7 Å². The molecule has 3 amide bonds. The van der Waals surface area contributed by atoms with Crippen LogP contribution < -0.4 is 10.2 Å². The second-order valence-corrected chi connectivity index (χ2v) is 11.9. The summed E-state index contributed by atoms with van der Waals surface area (Å²) < 4.78 is 19.7. The number of ether oxygens (including phenoxy) is 1. The highest BCUT2D eigenvalue weighted by Gasteiger charge is 2.37. The second kappa shape index (κ2) is 11.9. The lowest BCUT2D eigenvalue weighted by molar-refractivity contribution is -0.145. The lowest BCUT2D eigenvalue weighted by atomic mass is 9.85. The number of hydrogen-bond donors (Lipinski definition) is 1. The maximum absolute atomic E-state index is 13.9. The van der Waals surface area contributed by atoms with Crippen LogP contribution in [0.1, 0.15) is 71.8 Å². The zero-order valence-corrected chi connectivity index (χ0v) is 23.3. The molecule has 2 fully saturated rings. The van der Waals surface area contributed by atoms with E-state index in [1.807, 2.05) is 6.92 Å². The first-order chi connectivity index (χ1) is 18.0. The lowest BCUT2D eigenvalue weighted by Gasteiger charge is -2.36. The molecule has 8 nitrogen and oxygen atoms in total. The monoisotopic (exact) mass is 530 g/mol. The first-order valence-corrected chi connectivity index (χ1v) is 14.1. The molecule has 0 bridgehead atoms. The second-order valence-electron chi connectivity index (χ2n) is 11.9. The molecule has 210 valence electrons. The summed E-state index contributed by atoms with van der Waals surface area (Å²) in [6, 6.07) is 4.63. The van der Waals surface area contributed by atoms with Crippen molar-refractivity contribution in [3.8, 4) is 0 Å². The van der Waals surface area contributed by atoms with Gasteiger partial charge in [0.25, 0.3) is 5.91 Å². The molecule has 0 radical (unpaired) electrons. The summed E-state index contributed by atoms with van der Waals surface area (Å²) in [6.45, 7) is 10.8. The van der Waals surface area contributed by atoms with Crippen molar-refractivity contribution in [2.24, 2.45) is 5.92 Å². The van der Waals surface area contributed by atoms with Gasteiger partial charge in [-0.25, -0.2) is 9.18 Å². The van der Waals surface area contributed by atoms with Gasteiger partial charge in [-0.2, -0.15) is 0 Å². The van der Waals surface area contributed by atoms with E-state index in [-0.39, 0.29) is 29.1 Å². The van der Waals surface area contributed by atoms with E-state index < -0.39 is 12.2 Å². The number of benzene rings is 1. The quantitative estimate of drug-likeness (QED) is 0.575. The summed E-state index contributed by atoms with van der Waals surface area (Å²) in [5.41, 5.74) is 1.76. The first-order valence-electron chi connectivity index (χ1n) is 14.1. The number of nitrogens with zero attached hydrogens (tertiary/aromatic N) is 3. The van der Waals surface area contributed by atoms with Gasteiger partial charge < -0.3 is 24.8 Å². The summed E-state index contributed by atoms with van der Waals surface area (Å²) >= 11 is 0. The molecule has 1 saturated carbocycles. The predicted molar refractivity (Wildman–Crippen MR) is 145 cm³/mol. The zero-order valence-electron chi connectivity index (χ0n) is 23.3. The molecule has 1 unspecified atom stereocenters. The zero-order chi connectivity index (χ0) is 27.4. The minimum Gasteiger partial charge on any atom is -0.436 e. The van der Waals surface area contributed by atoms with Crippen LogP contribution in [0.5, 0.6) is 0 Å². The largest absolute Gasteiger partial charge is 0.436 e. The number of hydrogen-bond acceptors (Lipinski definition) is 5. The van der Waals surface area contributed by atoms with Crippen LogP contribution >= 0.6 is 0 Å². The van der Waals surface area contributed by atoms with E-state index in [9.17, 15) is 18.8 Å². The van der Waals surface area contributed by atoms with E-state index in [2.05, 4.69) is 24.1 Å². The molecule has 38 heavy (non-hydrogen) atoms. The topological polar surface area (TPSA) is 82.2 Å². The summed E-state index contributed by atoms with van der Waals surface area (Å²) in [5.74, 6) is -0.0385. The maximum atomic E-state index is 13.9. The molecule has 0 spiro atoms. The van der Waals surface area contributed by atoms with E-state index in [1.54, 1.807) is 21.9 Å². The normalized spacial score (nSPS) is 21.0. The minimum atomic E-state index is -0.830. The van der Waals surface area contributed by atoms with Crippen molar-refractivity contribution >= 4 is 23.6 Å². The molecule has 1 N–H and O–H groups in total. The fourth-order valence-corrected chi connectivity index (χ4v) is 6.25. The minimum absolute atomic E-state index is 0.00891. The standard InChI is InChI=1S/C29H43FN4O4/c1-20(18-34-19-29(3,4)24-17-23(30)10-11-25(24)34)31-28(37)38-26(16-22-8-6-5-7-9-22)27(36)33-14-12-32(13-15-33)21(2)35/h10-11,17,20,22,26H,5-9,12-16,18-19H2,1-4H3,(H,31,37)/t20-,26?/m0/s1. The van der Waals surface area contributed by atoms with E-state index in [1.165, 1.54) is 19.4 Å². The van der Waals surface area contributed by atoms with Gasteiger partial charge in [0, 0.05) is 63.3 Å². The first kappa shape index (κ1) is 28.2. The van der Waals surface area contributed by atoms with Gasteiger partial charge in [0.15, 0.2) is 6.10 Å². The molecule has 1 saturated heterocycles. The van der Waals surface area contributed by atoms with Crippen molar-refractivity contribution in [1.82, 2.24) is 15.1 Å². The molecule has 1 aliphatic carbocycles. The van der Waals surface area contributed by atoms with Crippen molar-refractivity contribution in [1.29, 1.82) is 0 Å². The molecule has 2 heterocycles. The Kier molecular flexibility index (Phi) is 8.83. The third-order valence-corrected chi connectivity index (χ3v) is 8.31. The van der Waals surface area contributed by atoms with Crippen molar-refractivity contribution in [2.75, 3.05) is 44.2 Å². The van der Waals surface area contributed by atoms with Gasteiger partial charge >= 0.3 is 6.09 Å². The maximum Gasteiger partial charge on any atom is 0.408 e. The number of anilines is 1. The van der Waals surface area contributed by atoms with Crippen LogP contribution in [0.3, 0.4) is 0 Å². The average molecular weight is 531 g/mol. The highest BCUT2D eigenvalue weighted by atomic mass is 19.1. The van der Waals surface area contributed by atoms with Crippen molar-refractivity contribution in [3.05, 3.63) is 29.6 Å². The van der Waals surface area contributed by atoms with Gasteiger partial charge in [-0.1, -0.05) is 46.0 Å². The number of alkyl carbamates (subject to hydrolysis) is 1. The molecule has 1 aromatic carbocycles. The summed E-state index contributed by atoms with van der Waals surface area (Å²) in [4.78, 5) is 43.8. The molecule has 1 aromatic rings. The van der Waals surface area contributed by atoms with Gasteiger partial charge in [0.1, 0.15) is 5.82 Å². The number of amides is 3. The fraction of sp³-hybridized carbons (Fsp3) is 0.690. The number of halogens is 1. The van der Waals surface area contributed by atoms with Crippen LogP contribution in [0.25, 0.3) is 0 Å². The smallest absolute Gasteiger partial charge is 0.408 e.